The van der Waals surface area contributed by atoms with E-state index >= 15 is 0 Å². The van der Waals surface area contributed by atoms with Gasteiger partial charge in [-0.3, -0.25) is 4.98 Å². The van der Waals surface area contributed by atoms with Gasteiger partial charge in [0.2, 0.25) is 0 Å². The summed E-state index contributed by atoms with van der Waals surface area (Å²) in [5.74, 6) is 0.618. The minimum absolute atomic E-state index is 0.183. The molecular formula is C18H29N3O2. The Bertz CT molecular complexity index is 470. The van der Waals surface area contributed by atoms with Gasteiger partial charge in [0.05, 0.1) is 6.61 Å². The first-order valence-corrected chi connectivity index (χ1v) is 8.67. The van der Waals surface area contributed by atoms with Crippen molar-refractivity contribution in [2.24, 2.45) is 5.92 Å². The average Bonchev–Trinajstić information content (AvgIpc) is 2.55. The highest BCUT2D eigenvalue weighted by atomic mass is 16.6. The normalized spacial score (nSPS) is 17.3. The summed E-state index contributed by atoms with van der Waals surface area (Å²) < 4.78 is 5.08. The second-order valence-electron chi connectivity index (χ2n) is 6.60. The van der Waals surface area contributed by atoms with Gasteiger partial charge in [-0.1, -0.05) is 19.9 Å². The van der Waals surface area contributed by atoms with Crippen molar-refractivity contribution in [2.45, 2.75) is 52.1 Å². The number of rotatable bonds is 6. The lowest BCUT2D eigenvalue weighted by Crippen LogP contribution is -2.46. The van der Waals surface area contributed by atoms with Crippen molar-refractivity contribution in [3.05, 3.63) is 30.1 Å². The number of carbonyl (C=O) groups is 1. The molecule has 2 rings (SSSR count). The van der Waals surface area contributed by atoms with Gasteiger partial charge >= 0.3 is 6.09 Å². The lowest BCUT2D eigenvalue weighted by atomic mass is 9.95. The molecule has 0 bridgehead atoms. The van der Waals surface area contributed by atoms with Crippen LogP contribution in [0.5, 0.6) is 0 Å². The zero-order chi connectivity index (χ0) is 16.7. The molecule has 5 heteroatoms. The molecule has 1 aromatic rings. The van der Waals surface area contributed by atoms with Crippen LogP contribution >= 0.6 is 0 Å². The number of amides is 1. The second-order valence-corrected chi connectivity index (χ2v) is 6.60. The van der Waals surface area contributed by atoms with Crippen molar-refractivity contribution >= 4 is 6.09 Å². The van der Waals surface area contributed by atoms with Crippen LogP contribution in [0.3, 0.4) is 0 Å². The third kappa shape index (κ3) is 5.50. The number of nitrogens with one attached hydrogen (secondary N) is 1. The third-order valence-electron chi connectivity index (χ3n) is 4.25. The molecule has 0 spiro atoms. The summed E-state index contributed by atoms with van der Waals surface area (Å²) in [6.07, 6.45) is 6.60. The number of nitrogens with zero attached hydrogens (tertiary/aromatic N) is 2. The van der Waals surface area contributed by atoms with Gasteiger partial charge < -0.3 is 15.0 Å². The number of hydrogen-bond acceptors (Lipinski definition) is 4. The summed E-state index contributed by atoms with van der Waals surface area (Å²) in [5, 5.41) is 3.78. The summed E-state index contributed by atoms with van der Waals surface area (Å²) in [5.41, 5.74) is 1.24. The summed E-state index contributed by atoms with van der Waals surface area (Å²) >= 11 is 0. The Morgan fingerprint density at radius 2 is 2.17 bits per heavy atom. The van der Waals surface area contributed by atoms with Crippen molar-refractivity contribution in [3.8, 4) is 0 Å². The quantitative estimate of drug-likeness (QED) is 0.873. The highest BCUT2D eigenvalue weighted by Crippen LogP contribution is 2.23. The first-order valence-electron chi connectivity index (χ1n) is 8.67. The summed E-state index contributed by atoms with van der Waals surface area (Å²) in [6, 6.07) is 4.89. The van der Waals surface area contributed by atoms with Crippen molar-refractivity contribution < 1.29 is 9.53 Å². The van der Waals surface area contributed by atoms with E-state index in [0.29, 0.717) is 24.6 Å². The second kappa shape index (κ2) is 8.87. The van der Waals surface area contributed by atoms with Crippen LogP contribution in [-0.4, -0.2) is 41.7 Å². The van der Waals surface area contributed by atoms with Crippen LogP contribution in [0.15, 0.2) is 24.5 Å². The van der Waals surface area contributed by atoms with E-state index in [1.807, 2.05) is 30.3 Å². The molecule has 1 N–H and O–H groups in total. The van der Waals surface area contributed by atoms with E-state index in [2.05, 4.69) is 30.2 Å². The van der Waals surface area contributed by atoms with Gasteiger partial charge in [-0.15, -0.1) is 0 Å². The van der Waals surface area contributed by atoms with Gasteiger partial charge in [-0.05, 0) is 43.7 Å². The van der Waals surface area contributed by atoms with Crippen molar-refractivity contribution in [3.63, 3.8) is 0 Å². The Morgan fingerprint density at radius 3 is 2.74 bits per heavy atom. The summed E-state index contributed by atoms with van der Waals surface area (Å²) in [7, 11) is 0. The zero-order valence-corrected chi connectivity index (χ0v) is 14.5. The molecule has 0 saturated carbocycles. The van der Waals surface area contributed by atoms with Gasteiger partial charge in [0.1, 0.15) is 0 Å². The monoisotopic (exact) mass is 319 g/mol. The maximum absolute atomic E-state index is 11.8. The molecule has 5 nitrogen and oxygen atoms in total. The Balaban J connectivity index is 1.90. The first kappa shape index (κ1) is 17.7. The van der Waals surface area contributed by atoms with Crippen molar-refractivity contribution in [1.29, 1.82) is 0 Å². The smallest absolute Gasteiger partial charge is 0.409 e. The van der Waals surface area contributed by atoms with Crippen LogP contribution in [0.1, 0.15) is 51.6 Å². The SMILES string of the molecule is CCOC(=O)N1CCC(N[C@@H](CC(C)C)c2cccnc2)CC1. The van der Waals surface area contributed by atoms with E-state index in [1.54, 1.807) is 0 Å². The minimum atomic E-state index is -0.183. The number of likely N-dealkylation sites (tertiary alicyclic amines) is 1. The van der Waals surface area contributed by atoms with Gasteiger partial charge in [0, 0.05) is 37.6 Å². The predicted molar refractivity (Wildman–Crippen MR) is 91.2 cm³/mol. The van der Waals surface area contributed by atoms with E-state index in [4.69, 9.17) is 4.74 Å². The maximum Gasteiger partial charge on any atom is 0.409 e. The highest BCUT2D eigenvalue weighted by molar-refractivity contribution is 5.67. The number of carbonyl (C=O) groups excluding carboxylic acids is 1. The fourth-order valence-corrected chi connectivity index (χ4v) is 3.08. The summed E-state index contributed by atoms with van der Waals surface area (Å²) in [6.45, 7) is 8.30. The molecule has 1 amide bonds. The van der Waals surface area contributed by atoms with Crippen LogP contribution in [0.4, 0.5) is 4.79 Å². The van der Waals surface area contributed by atoms with Gasteiger partial charge in [-0.25, -0.2) is 4.79 Å². The number of aromatic nitrogens is 1. The lowest BCUT2D eigenvalue weighted by Gasteiger charge is -2.34. The molecule has 1 aliphatic rings. The zero-order valence-electron chi connectivity index (χ0n) is 14.5. The fourth-order valence-electron chi connectivity index (χ4n) is 3.08. The Labute approximate surface area is 139 Å². The topological polar surface area (TPSA) is 54.5 Å². The van der Waals surface area contributed by atoms with Crippen LogP contribution < -0.4 is 5.32 Å². The molecule has 1 fully saturated rings. The Kier molecular flexibility index (Phi) is 6.84. The number of ether oxygens (including phenoxy) is 1. The molecule has 1 atom stereocenters. The van der Waals surface area contributed by atoms with Crippen molar-refractivity contribution in [2.75, 3.05) is 19.7 Å². The van der Waals surface area contributed by atoms with Gasteiger partial charge in [-0.2, -0.15) is 0 Å². The largest absolute Gasteiger partial charge is 0.450 e. The molecular weight excluding hydrogens is 290 g/mol. The predicted octanol–water partition coefficient (Wildman–Crippen LogP) is 3.38. The molecule has 0 unspecified atom stereocenters. The number of pyridine rings is 1. The minimum Gasteiger partial charge on any atom is -0.450 e. The third-order valence-corrected chi connectivity index (χ3v) is 4.25. The Morgan fingerprint density at radius 1 is 1.43 bits per heavy atom. The molecule has 1 saturated heterocycles. The standard InChI is InChI=1S/C18H29N3O2/c1-4-23-18(22)21-10-7-16(8-11-21)20-17(12-14(2)3)15-6-5-9-19-13-15/h5-6,9,13-14,16-17,20H,4,7-8,10-12H2,1-3H3/t17-/m0/s1. The molecule has 23 heavy (non-hydrogen) atoms. The molecule has 2 heterocycles. The van der Waals surface area contributed by atoms with Crippen LogP contribution in [0, 0.1) is 5.92 Å². The van der Waals surface area contributed by atoms with Crippen LogP contribution in [0.2, 0.25) is 0 Å². The van der Waals surface area contributed by atoms with E-state index in [0.717, 1.165) is 32.4 Å². The van der Waals surface area contributed by atoms with E-state index < -0.39 is 0 Å². The van der Waals surface area contributed by atoms with Gasteiger partial charge in [0.15, 0.2) is 0 Å². The number of piperidine rings is 1. The molecule has 0 radical (unpaired) electrons. The molecule has 0 aliphatic carbocycles. The summed E-state index contributed by atoms with van der Waals surface area (Å²) in [4.78, 5) is 17.8. The molecule has 128 valence electrons. The highest BCUT2D eigenvalue weighted by Gasteiger charge is 2.25. The van der Waals surface area contributed by atoms with E-state index in [9.17, 15) is 4.79 Å². The average molecular weight is 319 g/mol. The molecule has 1 aromatic heterocycles. The molecule has 0 aromatic carbocycles. The van der Waals surface area contributed by atoms with Crippen molar-refractivity contribution in [1.82, 2.24) is 15.2 Å². The first-order chi connectivity index (χ1) is 11.1. The maximum atomic E-state index is 11.8. The van der Waals surface area contributed by atoms with Crippen LogP contribution in [0.25, 0.3) is 0 Å². The van der Waals surface area contributed by atoms with E-state index in [1.165, 1.54) is 5.56 Å². The fraction of sp³-hybridized carbons (Fsp3) is 0.667. The van der Waals surface area contributed by atoms with E-state index in [-0.39, 0.29) is 6.09 Å². The molecule has 1 aliphatic heterocycles. The lowest BCUT2D eigenvalue weighted by molar-refractivity contribution is 0.0939. The Hall–Kier alpha value is -1.62. The van der Waals surface area contributed by atoms with Gasteiger partial charge in [0.25, 0.3) is 0 Å². The number of hydrogen-bond donors (Lipinski definition) is 1. The van der Waals surface area contributed by atoms with Crippen LogP contribution in [-0.2, 0) is 4.74 Å².